The number of hydrogen-bond acceptors (Lipinski definition) is 4. The van der Waals surface area contributed by atoms with Crippen LogP contribution in [0, 0.1) is 11.4 Å². The molecule has 0 heterocycles. The molecule has 0 aliphatic heterocycles. The Kier molecular flexibility index (Phi) is 6.50. The van der Waals surface area contributed by atoms with Gasteiger partial charge < -0.3 is 5.84 Å². The molecular weight excluding hydrogens is 322 g/mol. The molecule has 1 aliphatic carbocycles. The Hall–Kier alpha value is -2.53. The van der Waals surface area contributed by atoms with Gasteiger partial charge in [-0.15, -0.1) is 5.11 Å². The molecule has 0 aromatic heterocycles. The van der Waals surface area contributed by atoms with Crippen molar-refractivity contribution in [2.75, 3.05) is 0 Å². The van der Waals surface area contributed by atoms with Crippen LogP contribution in [0.3, 0.4) is 0 Å². The van der Waals surface area contributed by atoms with Crippen molar-refractivity contribution < 1.29 is 0 Å². The van der Waals surface area contributed by atoms with Crippen LogP contribution in [0.15, 0.2) is 70.9 Å². The van der Waals surface area contributed by atoms with Gasteiger partial charge in [0, 0.05) is 25.0 Å². The van der Waals surface area contributed by atoms with Gasteiger partial charge in [-0.2, -0.15) is 5.10 Å². The van der Waals surface area contributed by atoms with Crippen molar-refractivity contribution in [3.63, 3.8) is 0 Å². The van der Waals surface area contributed by atoms with E-state index in [0.29, 0.717) is 11.9 Å². The van der Waals surface area contributed by atoms with Crippen molar-refractivity contribution >= 4 is 5.84 Å². The molecule has 3 N–H and O–H groups in total. The highest BCUT2D eigenvalue weighted by Crippen LogP contribution is 2.30. The summed E-state index contributed by atoms with van der Waals surface area (Å²) in [5.74, 6) is 6.09. The Bertz CT molecular complexity index is 664. The van der Waals surface area contributed by atoms with Gasteiger partial charge in [0.2, 0.25) is 0 Å². The Morgan fingerprint density at radius 2 is 1.38 bits per heavy atom. The maximum absolute atomic E-state index is 7.23. The lowest BCUT2D eigenvalue weighted by atomic mass is 9.84. The molecule has 1 saturated carbocycles. The van der Waals surface area contributed by atoms with Crippen LogP contribution in [-0.4, -0.2) is 16.8 Å². The Balaban J connectivity index is 1.70. The van der Waals surface area contributed by atoms with E-state index in [1.807, 2.05) is 0 Å². The minimum Gasteiger partial charge on any atom is -0.321 e. The van der Waals surface area contributed by atoms with Crippen LogP contribution in [0.2, 0.25) is 0 Å². The average molecular weight is 349 g/mol. The first-order chi connectivity index (χ1) is 12.8. The summed E-state index contributed by atoms with van der Waals surface area (Å²) < 4.78 is 0. The van der Waals surface area contributed by atoms with Crippen molar-refractivity contribution in [3.8, 4) is 0 Å². The fourth-order valence-electron chi connectivity index (χ4n) is 3.87. The number of amidine groups is 1. The second kappa shape index (κ2) is 9.25. The minimum atomic E-state index is 0.226. The highest BCUT2D eigenvalue weighted by molar-refractivity contribution is 5.84. The lowest BCUT2D eigenvalue weighted by Gasteiger charge is -2.36. The number of hydrazone groups is 1. The fraction of sp³-hybridized carbons (Fsp3) is 0.381. The summed E-state index contributed by atoms with van der Waals surface area (Å²) in [6.45, 7) is 1.90. The highest BCUT2D eigenvalue weighted by Gasteiger charge is 2.28. The smallest absolute Gasteiger partial charge is 0.172 e. The third-order valence-corrected chi connectivity index (χ3v) is 5.28. The van der Waals surface area contributed by atoms with Crippen LogP contribution in [0.4, 0.5) is 0 Å². The number of nitrogens with one attached hydrogen (secondary N) is 1. The Morgan fingerprint density at radius 1 is 0.885 bits per heavy atom. The summed E-state index contributed by atoms with van der Waals surface area (Å²) in [4.78, 5) is 2.58. The maximum atomic E-state index is 7.23. The summed E-state index contributed by atoms with van der Waals surface area (Å²) >= 11 is 0. The van der Waals surface area contributed by atoms with Crippen LogP contribution in [-0.2, 0) is 13.1 Å². The quantitative estimate of drug-likeness (QED) is 0.264. The van der Waals surface area contributed by atoms with E-state index < -0.39 is 0 Å². The van der Waals surface area contributed by atoms with Crippen LogP contribution < -0.4 is 5.84 Å². The van der Waals surface area contributed by atoms with Gasteiger partial charge >= 0.3 is 0 Å². The van der Waals surface area contributed by atoms with Gasteiger partial charge in [-0.05, 0) is 36.8 Å². The lowest BCUT2D eigenvalue weighted by molar-refractivity contribution is 0.132. The van der Waals surface area contributed by atoms with Crippen LogP contribution in [0.5, 0.6) is 0 Å². The predicted octanol–water partition coefficient (Wildman–Crippen LogP) is 4.55. The van der Waals surface area contributed by atoms with Crippen molar-refractivity contribution in [1.82, 2.24) is 4.90 Å². The largest absolute Gasteiger partial charge is 0.321 e. The highest BCUT2D eigenvalue weighted by atomic mass is 15.2. The molecule has 1 aliphatic rings. The topological polar surface area (TPSA) is 77.8 Å². The van der Waals surface area contributed by atoms with Gasteiger partial charge in [0.1, 0.15) is 0 Å². The number of hydrogen-bond donors (Lipinski definition) is 2. The molecule has 0 amide bonds. The summed E-state index contributed by atoms with van der Waals surface area (Å²) in [5.41, 5.74) is 9.92. The second-order valence-corrected chi connectivity index (χ2v) is 6.98. The van der Waals surface area contributed by atoms with Gasteiger partial charge in [0.15, 0.2) is 5.84 Å². The van der Waals surface area contributed by atoms with E-state index >= 15 is 0 Å². The van der Waals surface area contributed by atoms with Crippen molar-refractivity contribution in [2.45, 2.75) is 44.8 Å². The summed E-state index contributed by atoms with van der Waals surface area (Å²) in [6.07, 6.45) is 4.14. The molecule has 3 rings (SSSR count). The average Bonchev–Trinajstić information content (AvgIpc) is 2.71. The molecule has 5 nitrogen and oxygen atoms in total. The SMILES string of the molecule is N=N/C(=N\N)[C@H]1CC[C@H](N(Cc2ccccc2)Cc2ccccc2)CC1. The zero-order valence-corrected chi connectivity index (χ0v) is 15.1. The molecule has 2 aromatic rings. The van der Waals surface area contributed by atoms with E-state index in [1.54, 1.807) is 0 Å². The van der Waals surface area contributed by atoms with Crippen LogP contribution in [0.25, 0.3) is 0 Å². The molecule has 0 saturated heterocycles. The molecule has 26 heavy (non-hydrogen) atoms. The first kappa shape index (κ1) is 18.3. The number of rotatable bonds is 6. The second-order valence-electron chi connectivity index (χ2n) is 6.98. The number of benzene rings is 2. The standard InChI is InChI=1S/C21H27N5/c22-24-21(25-23)19-11-13-20(14-12-19)26(15-17-7-3-1-4-8-17)16-18-9-5-2-6-10-18/h1-10,19-20,22H,11-16,23H2/b24-22?,25-21-/t19-,20-. The third kappa shape index (κ3) is 4.76. The first-order valence-electron chi connectivity index (χ1n) is 9.27. The summed E-state index contributed by atoms with van der Waals surface area (Å²) in [5, 5.41) is 7.18. The maximum Gasteiger partial charge on any atom is 0.172 e. The van der Waals surface area contributed by atoms with Gasteiger partial charge in [0.05, 0.1) is 0 Å². The van der Waals surface area contributed by atoms with Gasteiger partial charge in [-0.25, -0.2) is 5.53 Å². The lowest BCUT2D eigenvalue weighted by Crippen LogP contribution is -2.38. The van der Waals surface area contributed by atoms with E-state index in [9.17, 15) is 0 Å². The number of nitrogens with zero attached hydrogens (tertiary/aromatic N) is 3. The van der Waals surface area contributed by atoms with E-state index in [2.05, 4.69) is 75.8 Å². The van der Waals surface area contributed by atoms with Crippen LogP contribution >= 0.6 is 0 Å². The first-order valence-corrected chi connectivity index (χ1v) is 9.27. The zero-order chi connectivity index (χ0) is 18.2. The normalized spacial score (nSPS) is 20.9. The molecular formula is C21H27N5. The van der Waals surface area contributed by atoms with Crippen molar-refractivity contribution in [2.24, 2.45) is 22.0 Å². The van der Waals surface area contributed by atoms with E-state index in [-0.39, 0.29) is 5.92 Å². The van der Waals surface area contributed by atoms with Crippen molar-refractivity contribution in [1.29, 1.82) is 5.53 Å². The molecule has 2 aromatic carbocycles. The van der Waals surface area contributed by atoms with Crippen molar-refractivity contribution in [3.05, 3.63) is 71.8 Å². The molecule has 0 radical (unpaired) electrons. The van der Waals surface area contributed by atoms with Crippen LogP contribution in [0.1, 0.15) is 36.8 Å². The molecule has 5 heteroatoms. The van der Waals surface area contributed by atoms with E-state index in [1.165, 1.54) is 11.1 Å². The van der Waals surface area contributed by atoms with E-state index in [0.717, 1.165) is 38.8 Å². The Morgan fingerprint density at radius 3 is 1.81 bits per heavy atom. The predicted molar refractivity (Wildman–Crippen MR) is 105 cm³/mol. The molecule has 136 valence electrons. The molecule has 1 fully saturated rings. The van der Waals surface area contributed by atoms with E-state index in [4.69, 9.17) is 11.4 Å². The Labute approximate surface area is 155 Å². The van der Waals surface area contributed by atoms with Gasteiger partial charge in [0.25, 0.3) is 0 Å². The minimum absolute atomic E-state index is 0.226. The third-order valence-electron chi connectivity index (χ3n) is 5.28. The molecule has 0 spiro atoms. The molecule has 0 bridgehead atoms. The monoisotopic (exact) mass is 349 g/mol. The number of nitrogens with two attached hydrogens (primary N) is 1. The van der Waals surface area contributed by atoms with Gasteiger partial charge in [-0.1, -0.05) is 60.7 Å². The zero-order valence-electron chi connectivity index (χ0n) is 15.1. The molecule has 0 atom stereocenters. The molecule has 0 unspecified atom stereocenters. The van der Waals surface area contributed by atoms with Gasteiger partial charge in [-0.3, -0.25) is 4.90 Å². The summed E-state index contributed by atoms with van der Waals surface area (Å²) in [6, 6.07) is 21.9. The fourth-order valence-corrected chi connectivity index (χ4v) is 3.87. The summed E-state index contributed by atoms with van der Waals surface area (Å²) in [7, 11) is 0.